The fourth-order valence-corrected chi connectivity index (χ4v) is 2.02. The van der Waals surface area contributed by atoms with Crippen molar-refractivity contribution in [3.05, 3.63) is 69.8 Å². The minimum absolute atomic E-state index is 0.0825. The van der Waals surface area contributed by atoms with Crippen molar-refractivity contribution < 1.29 is 10.0 Å². The average molecular weight is 258 g/mol. The van der Waals surface area contributed by atoms with Gasteiger partial charge in [0.05, 0.1) is 10.5 Å². The fourth-order valence-electron chi connectivity index (χ4n) is 2.02. The first-order valence-electron chi connectivity index (χ1n) is 5.83. The molecule has 0 amide bonds. The second kappa shape index (κ2) is 5.49. The van der Waals surface area contributed by atoms with Crippen LogP contribution in [0.4, 0.5) is 11.4 Å². The van der Waals surface area contributed by atoms with E-state index in [0.29, 0.717) is 5.56 Å². The van der Waals surface area contributed by atoms with Crippen LogP contribution in [-0.2, 0) is 0 Å². The van der Waals surface area contributed by atoms with Crippen LogP contribution in [-0.4, -0.2) is 17.1 Å². The lowest BCUT2D eigenvalue weighted by Gasteiger charge is -2.15. The largest absolute Gasteiger partial charge is 0.388 e. The SMILES string of the molecule is CNc1ccccc1C(O)c1ccccc1[N+](=O)[O-]. The maximum Gasteiger partial charge on any atom is 0.275 e. The molecule has 5 nitrogen and oxygen atoms in total. The summed E-state index contributed by atoms with van der Waals surface area (Å²) in [6.45, 7) is 0. The van der Waals surface area contributed by atoms with Crippen LogP contribution in [0.15, 0.2) is 48.5 Å². The van der Waals surface area contributed by atoms with Gasteiger partial charge >= 0.3 is 0 Å². The normalized spacial score (nSPS) is 11.9. The summed E-state index contributed by atoms with van der Waals surface area (Å²) in [6, 6.07) is 13.4. The molecular weight excluding hydrogens is 244 g/mol. The van der Waals surface area contributed by atoms with Gasteiger partial charge in [0.2, 0.25) is 0 Å². The minimum Gasteiger partial charge on any atom is -0.388 e. The van der Waals surface area contributed by atoms with Crippen molar-refractivity contribution in [2.75, 3.05) is 12.4 Å². The first-order chi connectivity index (χ1) is 9.15. The van der Waals surface area contributed by atoms with E-state index >= 15 is 0 Å². The van der Waals surface area contributed by atoms with Crippen molar-refractivity contribution in [2.45, 2.75) is 6.10 Å². The lowest BCUT2D eigenvalue weighted by Crippen LogP contribution is -2.06. The second-order valence-electron chi connectivity index (χ2n) is 4.06. The molecule has 2 aromatic rings. The van der Waals surface area contributed by atoms with E-state index in [1.807, 2.05) is 12.1 Å². The van der Waals surface area contributed by atoms with Gasteiger partial charge in [-0.15, -0.1) is 0 Å². The summed E-state index contributed by atoms with van der Waals surface area (Å²) in [5, 5.41) is 24.3. The molecule has 0 radical (unpaired) electrons. The third-order valence-electron chi connectivity index (χ3n) is 2.95. The average Bonchev–Trinajstić information content (AvgIpc) is 2.46. The first kappa shape index (κ1) is 13.0. The van der Waals surface area contributed by atoms with Gasteiger partial charge in [0.15, 0.2) is 0 Å². The summed E-state index contributed by atoms with van der Waals surface area (Å²) in [5.74, 6) is 0. The zero-order valence-corrected chi connectivity index (χ0v) is 10.4. The van der Waals surface area contributed by atoms with Crippen LogP contribution in [0.5, 0.6) is 0 Å². The highest BCUT2D eigenvalue weighted by Crippen LogP contribution is 2.32. The number of nitro groups is 1. The highest BCUT2D eigenvalue weighted by Gasteiger charge is 2.22. The number of aliphatic hydroxyl groups is 1. The Bertz CT molecular complexity index is 599. The lowest BCUT2D eigenvalue weighted by molar-refractivity contribution is -0.386. The number of benzene rings is 2. The number of para-hydroxylation sites is 2. The zero-order chi connectivity index (χ0) is 13.8. The van der Waals surface area contributed by atoms with Crippen molar-refractivity contribution >= 4 is 11.4 Å². The number of hydrogen-bond donors (Lipinski definition) is 2. The Kier molecular flexibility index (Phi) is 3.77. The Labute approximate surface area is 110 Å². The molecule has 2 rings (SSSR count). The Morgan fingerprint density at radius 1 is 1.11 bits per heavy atom. The van der Waals surface area contributed by atoms with Crippen LogP contribution < -0.4 is 5.32 Å². The summed E-state index contributed by atoms with van der Waals surface area (Å²) < 4.78 is 0. The summed E-state index contributed by atoms with van der Waals surface area (Å²) in [6.07, 6.45) is -1.04. The summed E-state index contributed by atoms with van der Waals surface area (Å²) >= 11 is 0. The van der Waals surface area contributed by atoms with Crippen LogP contribution in [0.2, 0.25) is 0 Å². The molecule has 0 heterocycles. The molecule has 2 N–H and O–H groups in total. The van der Waals surface area contributed by atoms with Crippen molar-refractivity contribution in [2.24, 2.45) is 0 Å². The molecule has 0 aliphatic carbocycles. The minimum atomic E-state index is -1.04. The number of nitrogens with one attached hydrogen (secondary N) is 1. The van der Waals surface area contributed by atoms with E-state index in [2.05, 4.69) is 5.32 Å². The Morgan fingerprint density at radius 3 is 2.32 bits per heavy atom. The summed E-state index contributed by atoms with van der Waals surface area (Å²) in [7, 11) is 1.74. The Balaban J connectivity index is 2.50. The van der Waals surface area contributed by atoms with Gasteiger partial charge in [-0.3, -0.25) is 10.1 Å². The van der Waals surface area contributed by atoms with Gasteiger partial charge in [-0.05, 0) is 12.1 Å². The van der Waals surface area contributed by atoms with Gasteiger partial charge in [-0.2, -0.15) is 0 Å². The maximum absolute atomic E-state index is 11.0. The molecule has 0 saturated heterocycles. The van der Waals surface area contributed by atoms with Gasteiger partial charge in [0.1, 0.15) is 6.10 Å². The fraction of sp³-hybridized carbons (Fsp3) is 0.143. The molecular formula is C14H14N2O3. The molecule has 0 aliphatic rings. The first-order valence-corrected chi connectivity index (χ1v) is 5.83. The molecule has 0 spiro atoms. The lowest BCUT2D eigenvalue weighted by atomic mass is 9.98. The third kappa shape index (κ3) is 2.56. The number of nitrogens with zero attached hydrogens (tertiary/aromatic N) is 1. The molecule has 0 aliphatic heterocycles. The molecule has 19 heavy (non-hydrogen) atoms. The third-order valence-corrected chi connectivity index (χ3v) is 2.95. The quantitative estimate of drug-likeness (QED) is 0.653. The Hall–Kier alpha value is -2.40. The van der Waals surface area contributed by atoms with E-state index in [4.69, 9.17) is 0 Å². The predicted molar refractivity (Wildman–Crippen MR) is 73.1 cm³/mol. The number of anilines is 1. The van der Waals surface area contributed by atoms with E-state index < -0.39 is 11.0 Å². The van der Waals surface area contributed by atoms with Crippen LogP contribution >= 0.6 is 0 Å². The van der Waals surface area contributed by atoms with Gasteiger partial charge < -0.3 is 10.4 Å². The van der Waals surface area contributed by atoms with Gasteiger partial charge in [-0.1, -0.05) is 30.3 Å². The highest BCUT2D eigenvalue weighted by molar-refractivity contribution is 5.56. The molecule has 5 heteroatoms. The molecule has 2 aromatic carbocycles. The van der Waals surface area contributed by atoms with E-state index in [-0.39, 0.29) is 11.3 Å². The molecule has 1 unspecified atom stereocenters. The maximum atomic E-state index is 11.0. The van der Waals surface area contributed by atoms with Crippen LogP contribution in [0, 0.1) is 10.1 Å². The van der Waals surface area contributed by atoms with Crippen molar-refractivity contribution in [1.82, 2.24) is 0 Å². The summed E-state index contributed by atoms with van der Waals surface area (Å²) in [5.41, 5.74) is 1.56. The topological polar surface area (TPSA) is 75.4 Å². The molecule has 0 bridgehead atoms. The van der Waals surface area contributed by atoms with Crippen LogP contribution in [0.1, 0.15) is 17.2 Å². The number of nitro benzene ring substituents is 1. The smallest absolute Gasteiger partial charge is 0.275 e. The van der Waals surface area contributed by atoms with E-state index in [1.165, 1.54) is 6.07 Å². The molecule has 98 valence electrons. The van der Waals surface area contributed by atoms with Gasteiger partial charge in [0.25, 0.3) is 5.69 Å². The molecule has 0 fully saturated rings. The van der Waals surface area contributed by atoms with Gasteiger partial charge in [-0.25, -0.2) is 0 Å². The van der Waals surface area contributed by atoms with Crippen molar-refractivity contribution in [1.29, 1.82) is 0 Å². The predicted octanol–water partition coefficient (Wildman–Crippen LogP) is 2.72. The molecule has 0 aromatic heterocycles. The van der Waals surface area contributed by atoms with E-state index in [0.717, 1.165) is 5.69 Å². The Morgan fingerprint density at radius 2 is 1.68 bits per heavy atom. The summed E-state index contributed by atoms with van der Waals surface area (Å²) in [4.78, 5) is 10.5. The number of rotatable bonds is 4. The molecule has 1 atom stereocenters. The van der Waals surface area contributed by atoms with Crippen LogP contribution in [0.3, 0.4) is 0 Å². The van der Waals surface area contributed by atoms with E-state index in [9.17, 15) is 15.2 Å². The standard InChI is InChI=1S/C14H14N2O3/c1-15-12-8-4-2-6-10(12)14(17)11-7-3-5-9-13(11)16(18)19/h2-9,14-15,17H,1H3. The van der Waals surface area contributed by atoms with Crippen molar-refractivity contribution in [3.8, 4) is 0 Å². The zero-order valence-electron chi connectivity index (χ0n) is 10.4. The van der Waals surface area contributed by atoms with Gasteiger partial charge in [0, 0.05) is 24.4 Å². The van der Waals surface area contributed by atoms with Crippen LogP contribution in [0.25, 0.3) is 0 Å². The monoisotopic (exact) mass is 258 g/mol. The number of hydrogen-bond acceptors (Lipinski definition) is 4. The number of aliphatic hydroxyl groups excluding tert-OH is 1. The molecule has 0 saturated carbocycles. The second-order valence-corrected chi connectivity index (χ2v) is 4.06. The van der Waals surface area contributed by atoms with Crippen molar-refractivity contribution in [3.63, 3.8) is 0 Å². The van der Waals surface area contributed by atoms with E-state index in [1.54, 1.807) is 37.4 Å². The highest BCUT2D eigenvalue weighted by atomic mass is 16.6.